The normalized spacial score (nSPS) is 12.4. The topological polar surface area (TPSA) is 166 Å². The zero-order valence-corrected chi connectivity index (χ0v) is 33.0. The minimum Gasteiger partial charge on any atom is -0.481 e. The summed E-state index contributed by atoms with van der Waals surface area (Å²) in [4.78, 5) is 46.1. The van der Waals surface area contributed by atoms with E-state index >= 15 is 0 Å². The fraction of sp³-hybridized carbons (Fsp3) is 0.341. The van der Waals surface area contributed by atoms with Crippen LogP contribution in [0.15, 0.2) is 84.9 Å². The Balaban J connectivity index is 1.74. The van der Waals surface area contributed by atoms with Crippen molar-refractivity contribution < 1.29 is 28.3 Å². The van der Waals surface area contributed by atoms with E-state index in [-0.39, 0.29) is 57.5 Å². The number of nitrogen functional groups attached to an aromatic ring is 1. The Morgan fingerprint density at radius 1 is 0.849 bits per heavy atom. The third-order valence-electron chi connectivity index (χ3n) is 9.52. The number of hydrogen-bond acceptors (Lipinski definition) is 8. The number of hydrogen-bond donors (Lipinski definition) is 4. The number of benzene rings is 3. The number of methoxy groups -OCH3 is 1. The maximum Gasteiger partial charge on any atom is 0.339 e. The number of amides is 2. The Labute approximate surface area is 313 Å². The van der Waals surface area contributed by atoms with Gasteiger partial charge in [0.25, 0.3) is 11.8 Å². The predicted octanol–water partition coefficient (Wildman–Crippen LogP) is 7.82. The van der Waals surface area contributed by atoms with E-state index in [1.807, 2.05) is 51.1 Å². The minimum atomic E-state index is -2.11. The molecule has 3 aromatic carbocycles. The molecule has 0 fully saturated rings. The second-order valence-electron chi connectivity index (χ2n) is 15.5. The van der Waals surface area contributed by atoms with Gasteiger partial charge in [-0.05, 0) is 77.1 Å². The van der Waals surface area contributed by atoms with Gasteiger partial charge in [0.2, 0.25) is 5.88 Å². The summed E-state index contributed by atoms with van der Waals surface area (Å²) in [5, 5.41) is 13.6. The highest BCUT2D eigenvalue weighted by Gasteiger charge is 2.39. The number of ether oxygens (including phenoxy) is 2. The number of pyridine rings is 1. The molecule has 12 heteroatoms. The van der Waals surface area contributed by atoms with Crippen molar-refractivity contribution in [2.75, 3.05) is 19.0 Å². The molecule has 0 aliphatic rings. The van der Waals surface area contributed by atoms with Crippen molar-refractivity contribution in [1.29, 1.82) is 5.41 Å². The van der Waals surface area contributed by atoms with Gasteiger partial charge in [-0.3, -0.25) is 15.0 Å². The van der Waals surface area contributed by atoms with E-state index in [9.17, 15) is 14.4 Å². The van der Waals surface area contributed by atoms with Gasteiger partial charge in [-0.25, -0.2) is 9.78 Å². The average molecular weight is 738 g/mol. The van der Waals surface area contributed by atoms with Crippen LogP contribution in [-0.2, 0) is 15.8 Å². The standard InChI is InChI=1S/C41H51N5O6Si/c1-40(2,3)33(25-52-53(8,9)41(4,5)6)45-37(47)28-17-20-30(32(23-28)39(49)51-24-26-13-11-10-12-14-26)31-21-22-34(50-7)46-35(31)38(48)44-29-18-15-27(16-19-29)36(42)43/h10-23,33H,24-25H2,1-9H3,(H3,42,43)(H,44,48)(H,45,47). The smallest absolute Gasteiger partial charge is 0.339 e. The quantitative estimate of drug-likeness (QED) is 0.0467. The summed E-state index contributed by atoms with van der Waals surface area (Å²) in [6.45, 7) is 17.3. The molecule has 1 unspecified atom stereocenters. The number of rotatable bonds is 13. The molecule has 0 aliphatic carbocycles. The summed E-state index contributed by atoms with van der Waals surface area (Å²) in [7, 11) is -0.674. The van der Waals surface area contributed by atoms with Gasteiger partial charge in [0.15, 0.2) is 8.32 Å². The second-order valence-corrected chi connectivity index (χ2v) is 20.3. The number of amidine groups is 1. The highest BCUT2D eigenvalue weighted by atomic mass is 28.4. The highest BCUT2D eigenvalue weighted by molar-refractivity contribution is 6.74. The summed E-state index contributed by atoms with van der Waals surface area (Å²) >= 11 is 0. The highest BCUT2D eigenvalue weighted by Crippen LogP contribution is 2.37. The molecule has 2 amide bonds. The van der Waals surface area contributed by atoms with Crippen LogP contribution in [0.1, 0.15) is 83.9 Å². The van der Waals surface area contributed by atoms with E-state index < -0.39 is 20.2 Å². The molecule has 53 heavy (non-hydrogen) atoms. The molecule has 0 spiro atoms. The van der Waals surface area contributed by atoms with Crippen LogP contribution in [-0.4, -0.2) is 56.7 Å². The van der Waals surface area contributed by atoms with Crippen LogP contribution >= 0.6 is 0 Å². The second kappa shape index (κ2) is 16.6. The van der Waals surface area contributed by atoms with Crippen LogP contribution in [0.4, 0.5) is 5.69 Å². The largest absolute Gasteiger partial charge is 0.481 e. The summed E-state index contributed by atoms with van der Waals surface area (Å²) in [6, 6.07) is 23.3. The molecule has 4 rings (SSSR count). The lowest BCUT2D eigenvalue weighted by Crippen LogP contribution is -2.51. The van der Waals surface area contributed by atoms with Crippen LogP contribution in [0.3, 0.4) is 0 Å². The monoisotopic (exact) mass is 737 g/mol. The molecule has 0 saturated carbocycles. The Morgan fingerprint density at radius 2 is 1.47 bits per heavy atom. The molecule has 4 aromatic rings. The molecule has 280 valence electrons. The van der Waals surface area contributed by atoms with Gasteiger partial charge in [-0.1, -0.05) is 77.9 Å². The summed E-state index contributed by atoms with van der Waals surface area (Å²) in [6.07, 6.45) is 0. The Kier molecular flexibility index (Phi) is 12.6. The molecule has 11 nitrogen and oxygen atoms in total. The van der Waals surface area contributed by atoms with Crippen LogP contribution in [0.25, 0.3) is 11.1 Å². The van der Waals surface area contributed by atoms with Gasteiger partial charge in [0, 0.05) is 28.4 Å². The molecule has 0 radical (unpaired) electrons. The van der Waals surface area contributed by atoms with Crippen molar-refractivity contribution in [2.45, 2.75) is 72.3 Å². The van der Waals surface area contributed by atoms with E-state index in [0.717, 1.165) is 5.56 Å². The Morgan fingerprint density at radius 3 is 2.06 bits per heavy atom. The Bertz CT molecular complexity index is 1950. The van der Waals surface area contributed by atoms with E-state index in [1.165, 1.54) is 13.2 Å². The van der Waals surface area contributed by atoms with Crippen molar-refractivity contribution in [3.8, 4) is 17.0 Å². The molecule has 1 atom stereocenters. The van der Waals surface area contributed by atoms with Crippen molar-refractivity contribution in [3.05, 3.63) is 113 Å². The van der Waals surface area contributed by atoms with Crippen LogP contribution < -0.4 is 21.1 Å². The molecule has 5 N–H and O–H groups in total. The molecule has 1 aromatic heterocycles. The van der Waals surface area contributed by atoms with Gasteiger partial charge in [0.1, 0.15) is 18.1 Å². The first-order valence-corrected chi connectivity index (χ1v) is 20.3. The van der Waals surface area contributed by atoms with E-state index in [0.29, 0.717) is 29.0 Å². The molecular weight excluding hydrogens is 687 g/mol. The van der Waals surface area contributed by atoms with Gasteiger partial charge < -0.3 is 30.3 Å². The number of aromatic nitrogens is 1. The maximum atomic E-state index is 13.9. The molecule has 0 saturated heterocycles. The van der Waals surface area contributed by atoms with Crippen LogP contribution in [0.5, 0.6) is 5.88 Å². The van der Waals surface area contributed by atoms with Gasteiger partial charge >= 0.3 is 5.97 Å². The van der Waals surface area contributed by atoms with Gasteiger partial charge in [0.05, 0.1) is 25.3 Å². The maximum absolute atomic E-state index is 13.9. The van der Waals surface area contributed by atoms with Gasteiger partial charge in [-0.2, -0.15) is 0 Å². The van der Waals surface area contributed by atoms with Crippen LogP contribution in [0.2, 0.25) is 18.1 Å². The fourth-order valence-corrected chi connectivity index (χ4v) is 6.03. The fourth-order valence-electron chi connectivity index (χ4n) is 5.02. The Hall–Kier alpha value is -5.33. The molecule has 0 aliphatic heterocycles. The first-order chi connectivity index (χ1) is 24.8. The molecular formula is C41H51N5O6Si. The van der Waals surface area contributed by atoms with Gasteiger partial charge in [-0.15, -0.1) is 0 Å². The first kappa shape index (κ1) is 40.4. The van der Waals surface area contributed by atoms with E-state index in [4.69, 9.17) is 25.0 Å². The minimum absolute atomic E-state index is 0.00309. The lowest BCUT2D eigenvalue weighted by atomic mass is 9.87. The lowest BCUT2D eigenvalue weighted by Gasteiger charge is -2.39. The number of esters is 1. The van der Waals surface area contributed by atoms with Crippen molar-refractivity contribution in [1.82, 2.24) is 10.3 Å². The summed E-state index contributed by atoms with van der Waals surface area (Å²) in [5.74, 6) is -1.56. The predicted molar refractivity (Wildman–Crippen MR) is 211 cm³/mol. The number of nitrogens with two attached hydrogens (primary N) is 1. The third-order valence-corrected chi connectivity index (χ3v) is 14.0. The first-order valence-electron chi connectivity index (χ1n) is 17.4. The van der Waals surface area contributed by atoms with Crippen LogP contribution in [0, 0.1) is 10.8 Å². The molecule has 0 bridgehead atoms. The number of nitrogens with one attached hydrogen (secondary N) is 3. The summed E-state index contributed by atoms with van der Waals surface area (Å²) in [5.41, 5.74) is 7.92. The number of carbonyl (C=O) groups excluding carboxylic acids is 3. The number of carbonyl (C=O) groups is 3. The van der Waals surface area contributed by atoms with E-state index in [1.54, 1.807) is 48.5 Å². The summed E-state index contributed by atoms with van der Waals surface area (Å²) < 4.78 is 17.6. The number of nitrogens with zero attached hydrogens (tertiary/aromatic N) is 1. The zero-order chi connectivity index (χ0) is 39.1. The number of anilines is 1. The zero-order valence-electron chi connectivity index (χ0n) is 32.0. The third kappa shape index (κ3) is 10.4. The lowest BCUT2D eigenvalue weighted by molar-refractivity contribution is 0.0473. The van der Waals surface area contributed by atoms with Crippen molar-refractivity contribution in [2.24, 2.45) is 11.1 Å². The molecule has 1 heterocycles. The van der Waals surface area contributed by atoms with Crippen molar-refractivity contribution in [3.63, 3.8) is 0 Å². The average Bonchev–Trinajstić information content (AvgIpc) is 3.11. The van der Waals surface area contributed by atoms with Crippen molar-refractivity contribution >= 4 is 37.6 Å². The SMILES string of the molecule is COc1ccc(-c2ccc(C(=O)NC(CO[Si](C)(C)C(C)(C)C)C(C)(C)C)cc2C(=O)OCc2ccccc2)c(C(=O)Nc2ccc(C(=N)N)cc2)n1. The van der Waals surface area contributed by atoms with E-state index in [2.05, 4.69) is 49.5 Å².